The molecule has 0 bridgehead atoms. The Morgan fingerprint density at radius 2 is 1.70 bits per heavy atom. The molecule has 144 valence electrons. The van der Waals surface area contributed by atoms with E-state index in [9.17, 15) is 4.79 Å². The van der Waals surface area contributed by atoms with Gasteiger partial charge in [-0.1, -0.05) is 31.4 Å². The Bertz CT molecular complexity index is 793. The number of rotatable bonds is 4. The minimum Gasteiger partial charge on any atom is -0.410 e. The van der Waals surface area contributed by atoms with Crippen molar-refractivity contribution in [3.05, 3.63) is 53.1 Å². The molecular formula is C23H30NO2S+. The van der Waals surface area contributed by atoms with E-state index in [-0.39, 0.29) is 10.9 Å². The van der Waals surface area contributed by atoms with Gasteiger partial charge in [0.2, 0.25) is 0 Å². The molecule has 1 saturated carbocycles. The molecule has 0 saturated heterocycles. The zero-order valence-electron chi connectivity index (χ0n) is 16.8. The van der Waals surface area contributed by atoms with E-state index in [0.29, 0.717) is 11.7 Å². The first-order valence-corrected chi connectivity index (χ1v) is 11.8. The predicted octanol–water partition coefficient (Wildman–Crippen LogP) is 6.20. The van der Waals surface area contributed by atoms with E-state index < -0.39 is 6.09 Å². The maximum atomic E-state index is 12.4. The average molecular weight is 385 g/mol. The van der Waals surface area contributed by atoms with Crippen LogP contribution < -0.4 is 10.1 Å². The molecule has 2 aromatic carbocycles. The fraction of sp³-hybridized carbons (Fsp3) is 0.435. The van der Waals surface area contributed by atoms with E-state index in [2.05, 4.69) is 36.0 Å². The fourth-order valence-electron chi connectivity index (χ4n) is 3.84. The third-order valence-corrected chi connectivity index (χ3v) is 6.64. The second-order valence-corrected chi connectivity index (χ2v) is 9.75. The lowest BCUT2D eigenvalue weighted by atomic mass is 9.84. The van der Waals surface area contributed by atoms with Gasteiger partial charge >= 0.3 is 6.09 Å². The summed E-state index contributed by atoms with van der Waals surface area (Å²) >= 11 is 0. The molecule has 0 spiro atoms. The molecule has 1 N–H and O–H groups in total. The highest BCUT2D eigenvalue weighted by Gasteiger charge is 2.19. The summed E-state index contributed by atoms with van der Waals surface area (Å²) in [5.41, 5.74) is 4.30. The first kappa shape index (κ1) is 19.8. The van der Waals surface area contributed by atoms with Gasteiger partial charge in [0.25, 0.3) is 0 Å². The summed E-state index contributed by atoms with van der Waals surface area (Å²) < 4.78 is 5.62. The van der Waals surface area contributed by atoms with Gasteiger partial charge in [0, 0.05) is 22.1 Å². The molecule has 1 fully saturated rings. The van der Waals surface area contributed by atoms with Crippen LogP contribution >= 0.6 is 0 Å². The van der Waals surface area contributed by atoms with Crippen LogP contribution in [0.5, 0.6) is 5.75 Å². The molecule has 1 aliphatic carbocycles. The predicted molar refractivity (Wildman–Crippen MR) is 115 cm³/mol. The zero-order chi connectivity index (χ0) is 19.4. The van der Waals surface area contributed by atoms with Crippen molar-refractivity contribution in [2.45, 2.75) is 56.8 Å². The van der Waals surface area contributed by atoms with Crippen LogP contribution in [0.2, 0.25) is 0 Å². The van der Waals surface area contributed by atoms with Gasteiger partial charge in [-0.25, -0.2) is 4.79 Å². The molecule has 3 rings (SSSR count). The van der Waals surface area contributed by atoms with Gasteiger partial charge in [0.05, 0.1) is 0 Å². The van der Waals surface area contributed by atoms with Crippen LogP contribution in [-0.2, 0) is 10.9 Å². The Morgan fingerprint density at radius 1 is 1.04 bits per heavy atom. The molecule has 1 amide bonds. The van der Waals surface area contributed by atoms with E-state index in [0.717, 1.165) is 16.8 Å². The number of carbonyl (C=O) groups excluding carboxylic acids is 1. The molecule has 0 aliphatic heterocycles. The van der Waals surface area contributed by atoms with Crippen molar-refractivity contribution < 1.29 is 9.53 Å². The highest BCUT2D eigenvalue weighted by Crippen LogP contribution is 2.33. The van der Waals surface area contributed by atoms with Crippen LogP contribution in [0.1, 0.15) is 54.7 Å². The van der Waals surface area contributed by atoms with Gasteiger partial charge in [-0.3, -0.25) is 5.32 Å². The lowest BCUT2D eigenvalue weighted by molar-refractivity contribution is 0.214. The maximum absolute atomic E-state index is 12.4. The van der Waals surface area contributed by atoms with Crippen molar-refractivity contribution in [2.24, 2.45) is 0 Å². The zero-order valence-corrected chi connectivity index (χ0v) is 17.6. The number of aryl methyl sites for hydroxylation is 1. The SMILES string of the molecule is Cc1cc(OC(=O)Nc2ccc(C3CCCCC3)cc2)c(C)c([S+](C)C)c1. The Kier molecular flexibility index (Phi) is 6.48. The van der Waals surface area contributed by atoms with Crippen LogP contribution in [0, 0.1) is 13.8 Å². The molecule has 0 unspecified atom stereocenters. The average Bonchev–Trinajstić information content (AvgIpc) is 2.65. The Morgan fingerprint density at radius 3 is 2.33 bits per heavy atom. The van der Waals surface area contributed by atoms with Crippen molar-refractivity contribution >= 4 is 22.7 Å². The summed E-state index contributed by atoms with van der Waals surface area (Å²) in [7, 11) is 0.119. The molecule has 0 radical (unpaired) electrons. The summed E-state index contributed by atoms with van der Waals surface area (Å²) in [6, 6.07) is 12.3. The largest absolute Gasteiger partial charge is 0.417 e. The topological polar surface area (TPSA) is 38.3 Å². The van der Waals surface area contributed by atoms with Crippen LogP contribution in [0.25, 0.3) is 0 Å². The van der Waals surface area contributed by atoms with Crippen molar-refractivity contribution in [1.29, 1.82) is 0 Å². The number of ether oxygens (including phenoxy) is 1. The number of amides is 1. The summed E-state index contributed by atoms with van der Waals surface area (Å²) in [6.07, 6.45) is 10.5. The van der Waals surface area contributed by atoms with Crippen LogP contribution in [0.3, 0.4) is 0 Å². The summed E-state index contributed by atoms with van der Waals surface area (Å²) in [5.74, 6) is 1.31. The van der Waals surface area contributed by atoms with Crippen molar-refractivity contribution in [2.75, 3.05) is 17.8 Å². The highest BCUT2D eigenvalue weighted by molar-refractivity contribution is 7.95. The second kappa shape index (κ2) is 8.83. The molecule has 27 heavy (non-hydrogen) atoms. The molecule has 0 atom stereocenters. The monoisotopic (exact) mass is 384 g/mol. The summed E-state index contributed by atoms with van der Waals surface area (Å²) in [5, 5.41) is 2.86. The normalized spacial score (nSPS) is 15.0. The van der Waals surface area contributed by atoms with E-state index in [1.165, 1.54) is 42.6 Å². The molecule has 2 aromatic rings. The quantitative estimate of drug-likeness (QED) is 0.637. The number of carbonyl (C=O) groups is 1. The Labute approximate surface area is 165 Å². The lowest BCUT2D eigenvalue weighted by Gasteiger charge is -2.22. The standard InChI is InChI=1S/C23H29NO2S/c1-16-14-21(17(2)22(15-16)27(3)4)26-23(25)24-20-12-10-19(11-13-20)18-8-6-5-7-9-18/h10-15,18H,5-9H2,1-4H3/p+1. The molecule has 4 heteroatoms. The first-order chi connectivity index (χ1) is 12.9. The van der Waals surface area contributed by atoms with Gasteiger partial charge < -0.3 is 4.74 Å². The number of anilines is 1. The van der Waals surface area contributed by atoms with E-state index in [1.54, 1.807) is 0 Å². The minimum absolute atomic E-state index is 0.119. The van der Waals surface area contributed by atoms with Gasteiger partial charge in [-0.2, -0.15) is 0 Å². The fourth-order valence-corrected chi connectivity index (χ4v) is 4.98. The van der Waals surface area contributed by atoms with Gasteiger partial charge in [0.1, 0.15) is 18.3 Å². The smallest absolute Gasteiger partial charge is 0.410 e. The van der Waals surface area contributed by atoms with Crippen molar-refractivity contribution in [3.63, 3.8) is 0 Å². The van der Waals surface area contributed by atoms with Crippen molar-refractivity contribution in [1.82, 2.24) is 0 Å². The van der Waals surface area contributed by atoms with E-state index >= 15 is 0 Å². The third-order valence-electron chi connectivity index (χ3n) is 5.33. The number of benzene rings is 2. The second-order valence-electron chi connectivity index (χ2n) is 7.67. The summed E-state index contributed by atoms with van der Waals surface area (Å²) in [6.45, 7) is 4.05. The highest BCUT2D eigenvalue weighted by atomic mass is 32.2. The van der Waals surface area contributed by atoms with Gasteiger partial charge in [-0.05, 0) is 68.0 Å². The number of hydrogen-bond donors (Lipinski definition) is 1. The number of nitrogens with one attached hydrogen (secondary N) is 1. The maximum Gasteiger partial charge on any atom is 0.417 e. The van der Waals surface area contributed by atoms with Crippen LogP contribution in [0.4, 0.5) is 10.5 Å². The third kappa shape index (κ3) is 5.07. The Balaban J connectivity index is 1.66. The molecule has 0 aromatic heterocycles. The van der Waals surface area contributed by atoms with Crippen LogP contribution in [0.15, 0.2) is 41.3 Å². The van der Waals surface area contributed by atoms with Gasteiger partial charge in [-0.15, -0.1) is 0 Å². The first-order valence-electron chi connectivity index (χ1n) is 9.71. The molecule has 3 nitrogen and oxygen atoms in total. The Hall–Kier alpha value is -1.94. The van der Waals surface area contributed by atoms with Crippen molar-refractivity contribution in [3.8, 4) is 5.75 Å². The van der Waals surface area contributed by atoms with E-state index in [1.807, 2.05) is 32.0 Å². The number of hydrogen-bond acceptors (Lipinski definition) is 2. The van der Waals surface area contributed by atoms with Crippen LogP contribution in [-0.4, -0.2) is 18.6 Å². The minimum atomic E-state index is -0.438. The van der Waals surface area contributed by atoms with E-state index in [4.69, 9.17) is 4.74 Å². The summed E-state index contributed by atoms with van der Waals surface area (Å²) in [4.78, 5) is 13.6. The molecular weight excluding hydrogens is 354 g/mol. The lowest BCUT2D eigenvalue weighted by Crippen LogP contribution is -2.18. The molecule has 1 aliphatic rings. The molecule has 0 heterocycles. The van der Waals surface area contributed by atoms with Gasteiger partial charge in [0.15, 0.2) is 4.90 Å².